The highest BCUT2D eigenvalue weighted by Gasteiger charge is 2.27. The van der Waals surface area contributed by atoms with E-state index in [0.29, 0.717) is 25.0 Å². The first-order valence-electron chi connectivity index (χ1n) is 8.85. The van der Waals surface area contributed by atoms with Gasteiger partial charge < -0.3 is 20.7 Å². The van der Waals surface area contributed by atoms with Gasteiger partial charge in [0.2, 0.25) is 0 Å². The van der Waals surface area contributed by atoms with E-state index in [-0.39, 0.29) is 6.09 Å². The predicted molar refractivity (Wildman–Crippen MR) is 92.4 cm³/mol. The molecular formula is C17H32N4O2. The van der Waals surface area contributed by atoms with Gasteiger partial charge in [0, 0.05) is 26.2 Å². The lowest BCUT2D eigenvalue weighted by Crippen LogP contribution is -2.44. The topological polar surface area (TPSA) is 80.0 Å². The van der Waals surface area contributed by atoms with Gasteiger partial charge in [-0.3, -0.25) is 4.99 Å². The molecule has 6 nitrogen and oxygen atoms in total. The number of ether oxygens (including phenoxy) is 1. The zero-order valence-electron chi connectivity index (χ0n) is 14.8. The molecule has 2 fully saturated rings. The summed E-state index contributed by atoms with van der Waals surface area (Å²) < 4.78 is 5.45. The summed E-state index contributed by atoms with van der Waals surface area (Å²) in [7, 11) is 0. The van der Waals surface area contributed by atoms with Crippen LogP contribution in [0.25, 0.3) is 0 Å². The first kappa shape index (κ1) is 17.9. The van der Waals surface area contributed by atoms with Gasteiger partial charge in [-0.2, -0.15) is 0 Å². The van der Waals surface area contributed by atoms with Crippen LogP contribution in [0.15, 0.2) is 4.99 Å². The second kappa shape index (κ2) is 7.88. The maximum atomic E-state index is 12.1. The molecule has 1 atom stereocenters. The van der Waals surface area contributed by atoms with Gasteiger partial charge in [0.25, 0.3) is 0 Å². The van der Waals surface area contributed by atoms with Crippen molar-refractivity contribution in [3.63, 3.8) is 0 Å². The summed E-state index contributed by atoms with van der Waals surface area (Å²) in [6, 6.07) is 0. The molecule has 0 spiro atoms. The summed E-state index contributed by atoms with van der Waals surface area (Å²) in [5, 5.41) is 3.21. The minimum atomic E-state index is -0.446. The van der Waals surface area contributed by atoms with Crippen molar-refractivity contribution in [3.05, 3.63) is 0 Å². The van der Waals surface area contributed by atoms with Crippen LogP contribution in [0, 0.1) is 11.8 Å². The third-order valence-electron chi connectivity index (χ3n) is 4.49. The molecule has 1 aliphatic carbocycles. The van der Waals surface area contributed by atoms with Crippen molar-refractivity contribution < 1.29 is 9.53 Å². The van der Waals surface area contributed by atoms with Crippen LogP contribution >= 0.6 is 0 Å². The quantitative estimate of drug-likeness (QED) is 0.614. The van der Waals surface area contributed by atoms with E-state index in [4.69, 9.17) is 10.5 Å². The largest absolute Gasteiger partial charge is 0.444 e. The highest BCUT2D eigenvalue weighted by atomic mass is 16.6. The highest BCUT2D eigenvalue weighted by Crippen LogP contribution is 2.25. The van der Waals surface area contributed by atoms with Crippen molar-refractivity contribution in [1.82, 2.24) is 10.2 Å². The molecule has 0 aromatic carbocycles. The Kier molecular flexibility index (Phi) is 6.13. The number of hydrogen-bond acceptors (Lipinski definition) is 3. The summed E-state index contributed by atoms with van der Waals surface area (Å²) >= 11 is 0. The number of rotatable bonds is 4. The summed E-state index contributed by atoms with van der Waals surface area (Å²) in [5.41, 5.74) is 5.48. The van der Waals surface area contributed by atoms with Crippen LogP contribution in [-0.4, -0.2) is 48.7 Å². The molecule has 0 aromatic rings. The average molecular weight is 324 g/mol. The maximum absolute atomic E-state index is 12.1. The average Bonchev–Trinajstić information content (AvgIpc) is 2.42. The summed E-state index contributed by atoms with van der Waals surface area (Å²) in [4.78, 5) is 18.4. The maximum Gasteiger partial charge on any atom is 0.410 e. The van der Waals surface area contributed by atoms with Crippen LogP contribution < -0.4 is 11.1 Å². The SMILES string of the molecule is CC(C)(C)OC(=O)N1CCCC(CN=C(N)NCC2CCC2)C1. The second-order valence-electron chi connectivity index (χ2n) is 7.84. The van der Waals surface area contributed by atoms with Crippen molar-refractivity contribution in [2.45, 2.75) is 58.5 Å². The van der Waals surface area contributed by atoms with Gasteiger partial charge in [-0.1, -0.05) is 6.42 Å². The van der Waals surface area contributed by atoms with Gasteiger partial charge in [0.05, 0.1) is 0 Å². The molecular weight excluding hydrogens is 292 g/mol. The summed E-state index contributed by atoms with van der Waals surface area (Å²) in [6.07, 6.45) is 5.79. The zero-order chi connectivity index (χ0) is 16.9. The highest BCUT2D eigenvalue weighted by molar-refractivity contribution is 5.77. The van der Waals surface area contributed by atoms with Gasteiger partial charge in [-0.15, -0.1) is 0 Å². The van der Waals surface area contributed by atoms with E-state index in [1.807, 2.05) is 20.8 Å². The molecule has 1 aliphatic heterocycles. The van der Waals surface area contributed by atoms with Crippen LogP contribution in [-0.2, 0) is 4.74 Å². The fourth-order valence-electron chi connectivity index (χ4n) is 2.94. The monoisotopic (exact) mass is 324 g/mol. The number of guanidine groups is 1. The Labute approximate surface area is 139 Å². The van der Waals surface area contributed by atoms with Crippen LogP contribution in [0.5, 0.6) is 0 Å². The standard InChI is InChI=1S/C17H32N4O2/c1-17(2,3)23-16(22)21-9-5-8-14(12-21)11-20-15(18)19-10-13-6-4-7-13/h13-14H,4-12H2,1-3H3,(H3,18,19,20). The van der Waals surface area contributed by atoms with Crippen LogP contribution in [0.4, 0.5) is 4.79 Å². The van der Waals surface area contributed by atoms with Gasteiger partial charge >= 0.3 is 6.09 Å². The molecule has 2 rings (SSSR count). The van der Waals surface area contributed by atoms with E-state index in [1.54, 1.807) is 4.90 Å². The minimum Gasteiger partial charge on any atom is -0.444 e. The van der Waals surface area contributed by atoms with Crippen molar-refractivity contribution >= 4 is 12.1 Å². The number of carbonyl (C=O) groups is 1. The Morgan fingerprint density at radius 3 is 2.57 bits per heavy atom. The Balaban J connectivity index is 1.73. The van der Waals surface area contributed by atoms with E-state index in [9.17, 15) is 4.79 Å². The molecule has 3 N–H and O–H groups in total. The Hall–Kier alpha value is -1.46. The van der Waals surface area contributed by atoms with Crippen molar-refractivity contribution in [2.75, 3.05) is 26.2 Å². The van der Waals surface area contributed by atoms with E-state index >= 15 is 0 Å². The fraction of sp³-hybridized carbons (Fsp3) is 0.882. The number of nitrogens with two attached hydrogens (primary N) is 1. The van der Waals surface area contributed by atoms with E-state index in [1.165, 1.54) is 19.3 Å². The molecule has 6 heteroatoms. The molecule has 2 aliphatic rings. The number of hydrogen-bond donors (Lipinski definition) is 2. The molecule has 132 valence electrons. The van der Waals surface area contributed by atoms with E-state index < -0.39 is 5.60 Å². The molecule has 1 saturated heterocycles. The smallest absolute Gasteiger partial charge is 0.410 e. The third-order valence-corrected chi connectivity index (χ3v) is 4.49. The fourth-order valence-corrected chi connectivity index (χ4v) is 2.94. The predicted octanol–water partition coefficient (Wildman–Crippen LogP) is 2.34. The van der Waals surface area contributed by atoms with Gasteiger partial charge in [-0.05, 0) is 58.3 Å². The minimum absolute atomic E-state index is 0.220. The molecule has 1 saturated carbocycles. The zero-order valence-corrected chi connectivity index (χ0v) is 14.8. The van der Waals surface area contributed by atoms with Gasteiger partial charge in [0.15, 0.2) is 5.96 Å². The number of amides is 1. The van der Waals surface area contributed by atoms with Crippen molar-refractivity contribution in [3.8, 4) is 0 Å². The number of piperidine rings is 1. The molecule has 0 aromatic heterocycles. The molecule has 0 radical (unpaired) electrons. The van der Waals surface area contributed by atoms with Crippen molar-refractivity contribution in [2.24, 2.45) is 22.6 Å². The number of carbonyl (C=O) groups excluding carboxylic acids is 1. The van der Waals surface area contributed by atoms with E-state index in [0.717, 1.165) is 31.8 Å². The molecule has 1 unspecified atom stereocenters. The lowest BCUT2D eigenvalue weighted by atomic mass is 9.85. The molecule has 0 bridgehead atoms. The molecule has 23 heavy (non-hydrogen) atoms. The normalized spacial score (nSPS) is 23.3. The second-order valence-corrected chi connectivity index (χ2v) is 7.84. The number of nitrogens with one attached hydrogen (secondary N) is 1. The van der Waals surface area contributed by atoms with Crippen molar-refractivity contribution in [1.29, 1.82) is 0 Å². The lowest BCUT2D eigenvalue weighted by molar-refractivity contribution is 0.0171. The molecule has 1 amide bonds. The number of likely N-dealkylation sites (tertiary alicyclic amines) is 1. The Bertz CT molecular complexity index is 427. The first-order valence-corrected chi connectivity index (χ1v) is 8.85. The van der Waals surface area contributed by atoms with Crippen LogP contribution in [0.1, 0.15) is 52.9 Å². The van der Waals surface area contributed by atoms with Crippen LogP contribution in [0.2, 0.25) is 0 Å². The molecule has 1 heterocycles. The summed E-state index contributed by atoms with van der Waals surface area (Å²) in [6.45, 7) is 8.76. The summed E-state index contributed by atoms with van der Waals surface area (Å²) in [5.74, 6) is 1.66. The number of aliphatic imine (C=N–C) groups is 1. The van der Waals surface area contributed by atoms with Gasteiger partial charge in [-0.25, -0.2) is 4.79 Å². The first-order chi connectivity index (χ1) is 10.8. The number of nitrogens with zero attached hydrogens (tertiary/aromatic N) is 2. The Morgan fingerprint density at radius 1 is 1.26 bits per heavy atom. The van der Waals surface area contributed by atoms with E-state index in [2.05, 4.69) is 10.3 Å². The lowest BCUT2D eigenvalue weighted by Gasteiger charge is -2.33. The van der Waals surface area contributed by atoms with Crippen LogP contribution in [0.3, 0.4) is 0 Å². The third kappa shape index (κ3) is 6.28. The Morgan fingerprint density at radius 2 is 1.96 bits per heavy atom. The van der Waals surface area contributed by atoms with Gasteiger partial charge in [0.1, 0.15) is 5.60 Å².